The zero-order valence-electron chi connectivity index (χ0n) is 28.2. The minimum atomic E-state index is -0.805. The van der Waals surface area contributed by atoms with E-state index in [9.17, 15) is 15.0 Å². The number of carbonyl (C=O) groups excluding carboxylic acids is 1. The maximum absolute atomic E-state index is 14.0. The van der Waals surface area contributed by atoms with Gasteiger partial charge in [-0.05, 0) is 80.1 Å². The number of aliphatic hydroxyl groups excluding tert-OH is 2. The lowest BCUT2D eigenvalue weighted by molar-refractivity contribution is -0.183. The largest absolute Gasteiger partial charge is 0.394 e. The summed E-state index contributed by atoms with van der Waals surface area (Å²) in [6.45, 7) is 12.6. The fourth-order valence-electron chi connectivity index (χ4n) is 8.29. The molecule has 4 aliphatic rings. The molecule has 1 heterocycles. The number of aliphatic hydroxyl groups is 2. The number of nitrogens with one attached hydrogen (secondary N) is 1. The van der Waals surface area contributed by atoms with Gasteiger partial charge in [0.1, 0.15) is 12.1 Å². The van der Waals surface area contributed by atoms with E-state index in [1.807, 2.05) is 0 Å². The number of rotatable bonds is 14. The van der Waals surface area contributed by atoms with E-state index in [1.165, 1.54) is 17.5 Å². The van der Waals surface area contributed by atoms with Crippen LogP contribution >= 0.6 is 0 Å². The first kappa shape index (κ1) is 34.0. The quantitative estimate of drug-likeness (QED) is 0.295. The Kier molecular flexibility index (Phi) is 11.0. The number of amides is 1. The van der Waals surface area contributed by atoms with Crippen molar-refractivity contribution in [3.05, 3.63) is 71.3 Å². The van der Waals surface area contributed by atoms with E-state index in [1.54, 1.807) is 12.0 Å². The molecule has 1 aliphatic heterocycles. The average Bonchev–Trinajstić information content (AvgIpc) is 3.38. The highest BCUT2D eigenvalue weighted by molar-refractivity contribution is 5.82. The lowest BCUT2D eigenvalue weighted by Crippen LogP contribution is -2.62. The summed E-state index contributed by atoms with van der Waals surface area (Å²) >= 11 is 0. The molecule has 45 heavy (non-hydrogen) atoms. The van der Waals surface area contributed by atoms with Crippen molar-refractivity contribution in [2.75, 3.05) is 40.3 Å². The van der Waals surface area contributed by atoms with Crippen LogP contribution < -0.4 is 5.32 Å². The van der Waals surface area contributed by atoms with Crippen molar-refractivity contribution in [3.8, 4) is 0 Å². The molecule has 0 aromatic heterocycles. The molecular formula is C37H56N4O4. The third-order valence-electron chi connectivity index (χ3n) is 11.2. The van der Waals surface area contributed by atoms with Crippen LogP contribution in [0.25, 0.3) is 0 Å². The molecule has 2 aromatic rings. The topological polar surface area (TPSA) is 88.5 Å². The highest BCUT2D eigenvalue weighted by Gasteiger charge is 2.57. The van der Waals surface area contributed by atoms with Crippen LogP contribution in [0.15, 0.2) is 54.6 Å². The highest BCUT2D eigenvalue weighted by Crippen LogP contribution is 2.61. The predicted molar refractivity (Wildman–Crippen MR) is 178 cm³/mol. The fourth-order valence-corrected chi connectivity index (χ4v) is 8.29. The molecule has 3 N–H and O–H groups in total. The molecular weight excluding hydrogens is 564 g/mol. The number of carbonyl (C=O) groups is 1. The Bertz CT molecular complexity index is 1250. The van der Waals surface area contributed by atoms with Crippen molar-refractivity contribution in [3.63, 3.8) is 0 Å². The molecule has 2 bridgehead atoms. The van der Waals surface area contributed by atoms with Crippen LogP contribution in [0.2, 0.25) is 0 Å². The minimum absolute atomic E-state index is 0.111. The Labute approximate surface area is 270 Å². The molecule has 6 rings (SSSR count). The van der Waals surface area contributed by atoms with E-state index >= 15 is 0 Å². The zero-order chi connectivity index (χ0) is 32.3. The molecule has 248 valence electrons. The highest BCUT2D eigenvalue weighted by atomic mass is 16.7. The summed E-state index contributed by atoms with van der Waals surface area (Å²) in [6.07, 6.45) is 1.79. The summed E-state index contributed by atoms with van der Waals surface area (Å²) in [5.74, 6) is 1.01. The fraction of sp³-hybridized carbons (Fsp3) is 0.649. The molecule has 3 saturated carbocycles. The van der Waals surface area contributed by atoms with Crippen LogP contribution in [0.5, 0.6) is 0 Å². The molecule has 4 fully saturated rings. The Morgan fingerprint density at radius 1 is 1.04 bits per heavy atom. The maximum atomic E-state index is 14.0. The van der Waals surface area contributed by atoms with Crippen molar-refractivity contribution < 1.29 is 19.8 Å². The summed E-state index contributed by atoms with van der Waals surface area (Å²) in [6, 6.07) is 18.6. The molecule has 2 aromatic carbocycles. The number of hydrogen-bond acceptors (Lipinski definition) is 7. The number of hydrogen-bond donors (Lipinski definition) is 3. The molecule has 2 unspecified atom stereocenters. The number of hydroxylamine groups is 2. The monoisotopic (exact) mass is 620 g/mol. The Morgan fingerprint density at radius 2 is 1.76 bits per heavy atom. The Hall–Kier alpha value is -2.33. The number of likely N-dealkylation sites (N-methyl/N-ethyl adjacent to an activating group) is 1. The summed E-state index contributed by atoms with van der Waals surface area (Å²) in [5, 5.41) is 26.1. The van der Waals surface area contributed by atoms with E-state index in [4.69, 9.17) is 4.84 Å². The summed E-state index contributed by atoms with van der Waals surface area (Å²) in [5.41, 5.74) is 3.93. The van der Waals surface area contributed by atoms with Crippen molar-refractivity contribution in [2.24, 2.45) is 29.1 Å². The Morgan fingerprint density at radius 3 is 2.40 bits per heavy atom. The van der Waals surface area contributed by atoms with Crippen molar-refractivity contribution in [1.29, 1.82) is 0 Å². The second-order valence-electron chi connectivity index (χ2n) is 14.9. The normalized spacial score (nSPS) is 30.0. The summed E-state index contributed by atoms with van der Waals surface area (Å²) < 4.78 is 0. The molecule has 8 nitrogen and oxygen atoms in total. The van der Waals surface area contributed by atoms with Crippen LogP contribution in [-0.4, -0.2) is 95.6 Å². The molecule has 1 amide bonds. The minimum Gasteiger partial charge on any atom is -0.394 e. The van der Waals surface area contributed by atoms with E-state index < -0.39 is 24.2 Å². The average molecular weight is 621 g/mol. The van der Waals surface area contributed by atoms with E-state index in [2.05, 4.69) is 105 Å². The first-order chi connectivity index (χ1) is 21.5. The van der Waals surface area contributed by atoms with Gasteiger partial charge in [0.25, 0.3) is 0 Å². The van der Waals surface area contributed by atoms with Gasteiger partial charge in [-0.1, -0.05) is 75.4 Å². The maximum Gasteiger partial charge on any atom is 0.240 e. The van der Waals surface area contributed by atoms with Gasteiger partial charge in [-0.15, -0.1) is 0 Å². The zero-order valence-corrected chi connectivity index (χ0v) is 28.2. The lowest BCUT2D eigenvalue weighted by atomic mass is 9.45. The molecule has 8 heteroatoms. The van der Waals surface area contributed by atoms with Gasteiger partial charge in [-0.25, -0.2) is 0 Å². The molecule has 1 saturated heterocycles. The first-order valence-electron chi connectivity index (χ1n) is 17.0. The van der Waals surface area contributed by atoms with Crippen LogP contribution in [-0.2, 0) is 29.1 Å². The SMILES string of the molecule is C[C@H](O)[C@@H]1[C@H](CO)ON(Cc2cccc(CN(CCc3ccccc3)CCN(C)C)c2)[C@@H]1C(=O)N[C@H]1CC2CC([C@H]1C)C2(C)C. The second-order valence-corrected chi connectivity index (χ2v) is 14.9. The van der Waals surface area contributed by atoms with Gasteiger partial charge in [0.15, 0.2) is 0 Å². The van der Waals surface area contributed by atoms with Crippen molar-refractivity contribution in [1.82, 2.24) is 20.2 Å². The predicted octanol–water partition coefficient (Wildman–Crippen LogP) is 3.95. The second kappa shape index (κ2) is 14.6. The van der Waals surface area contributed by atoms with Crippen molar-refractivity contribution in [2.45, 2.75) is 84.3 Å². The number of nitrogens with zero attached hydrogens (tertiary/aromatic N) is 3. The third-order valence-corrected chi connectivity index (χ3v) is 11.2. The standard InChI is InChI=1S/C37H56N4O4/c1-25-31-20-30(37(31,3)4)21-32(25)38-36(44)35-34(26(2)43)33(24-42)45-41(35)23-29-14-10-13-28(19-29)22-40(18-17-39(5)6)16-15-27-11-8-7-9-12-27/h7-14,19,25-26,30-35,42-43H,15-18,20-24H2,1-6H3,(H,38,44)/t25-,26+,30?,31?,32+,33+,34-,35+/m1/s1. The van der Waals surface area contributed by atoms with Gasteiger partial charge in [-0.3, -0.25) is 14.5 Å². The van der Waals surface area contributed by atoms with Gasteiger partial charge in [0.2, 0.25) is 5.91 Å². The summed E-state index contributed by atoms with van der Waals surface area (Å²) in [7, 11) is 4.22. The Balaban J connectivity index is 1.28. The van der Waals surface area contributed by atoms with Gasteiger partial charge < -0.3 is 20.4 Å². The van der Waals surface area contributed by atoms with Crippen LogP contribution in [0.4, 0.5) is 0 Å². The van der Waals surface area contributed by atoms with Crippen LogP contribution in [0.1, 0.15) is 57.2 Å². The van der Waals surface area contributed by atoms with Crippen LogP contribution in [0, 0.1) is 29.1 Å². The summed E-state index contributed by atoms with van der Waals surface area (Å²) in [4.78, 5) is 24.9. The third kappa shape index (κ3) is 7.80. The van der Waals surface area contributed by atoms with E-state index in [0.29, 0.717) is 29.7 Å². The van der Waals surface area contributed by atoms with Crippen LogP contribution in [0.3, 0.4) is 0 Å². The molecule has 0 radical (unpaired) electrons. The first-order valence-corrected chi connectivity index (χ1v) is 17.0. The van der Waals surface area contributed by atoms with Gasteiger partial charge in [0, 0.05) is 38.1 Å². The van der Waals surface area contributed by atoms with Crippen molar-refractivity contribution >= 4 is 5.91 Å². The number of fused-ring (bicyclic) bond motifs is 2. The van der Waals surface area contributed by atoms with E-state index in [-0.39, 0.29) is 18.6 Å². The molecule has 3 aliphatic carbocycles. The van der Waals surface area contributed by atoms with Gasteiger partial charge in [0.05, 0.1) is 19.3 Å². The molecule has 0 spiro atoms. The van der Waals surface area contributed by atoms with Gasteiger partial charge in [-0.2, -0.15) is 5.06 Å². The van der Waals surface area contributed by atoms with E-state index in [0.717, 1.165) is 44.6 Å². The number of benzene rings is 2. The lowest BCUT2D eigenvalue weighted by Gasteiger charge is -2.62. The molecule has 8 atom stereocenters. The van der Waals surface area contributed by atoms with Gasteiger partial charge >= 0.3 is 0 Å². The smallest absolute Gasteiger partial charge is 0.240 e.